The largest absolute Gasteiger partial charge is 0.491 e. The SMILES string of the molecule is Cc1ccc(-c2nnc(SCC(O)COc3ccc4ccc(=O)oc4c3)nc2-c2ccc(C)cc2)cc1. The highest BCUT2D eigenvalue weighted by atomic mass is 32.2. The minimum Gasteiger partial charge on any atom is -0.491 e. The molecular formula is C29H25N3O4S. The van der Waals surface area contributed by atoms with E-state index in [0.717, 1.165) is 33.3 Å². The van der Waals surface area contributed by atoms with Crippen molar-refractivity contribution in [2.24, 2.45) is 0 Å². The maximum Gasteiger partial charge on any atom is 0.336 e. The van der Waals surface area contributed by atoms with Crippen LogP contribution in [0.4, 0.5) is 0 Å². The average Bonchev–Trinajstić information content (AvgIpc) is 2.91. The molecule has 0 aliphatic rings. The van der Waals surface area contributed by atoms with Crippen molar-refractivity contribution in [1.82, 2.24) is 15.2 Å². The highest BCUT2D eigenvalue weighted by molar-refractivity contribution is 7.99. The maximum absolute atomic E-state index is 11.5. The first kappa shape index (κ1) is 24.7. The third-order valence-electron chi connectivity index (χ3n) is 5.76. The van der Waals surface area contributed by atoms with Crippen molar-refractivity contribution in [3.8, 4) is 28.3 Å². The second-order valence-electron chi connectivity index (χ2n) is 8.75. The van der Waals surface area contributed by atoms with Gasteiger partial charge in [0.1, 0.15) is 29.3 Å². The van der Waals surface area contributed by atoms with Crippen LogP contribution in [-0.2, 0) is 0 Å². The molecule has 3 aromatic carbocycles. The second kappa shape index (κ2) is 10.9. The Balaban J connectivity index is 1.29. The maximum atomic E-state index is 11.5. The Morgan fingerprint density at radius 2 is 1.51 bits per heavy atom. The Hall–Kier alpha value is -4.01. The molecule has 0 saturated heterocycles. The lowest BCUT2D eigenvalue weighted by Gasteiger charge is -2.13. The molecule has 37 heavy (non-hydrogen) atoms. The molecule has 0 radical (unpaired) electrons. The molecule has 0 bridgehead atoms. The Morgan fingerprint density at radius 1 is 0.865 bits per heavy atom. The summed E-state index contributed by atoms with van der Waals surface area (Å²) in [6, 6.07) is 24.5. The topological polar surface area (TPSA) is 98.3 Å². The zero-order chi connectivity index (χ0) is 25.8. The van der Waals surface area contributed by atoms with Crippen LogP contribution < -0.4 is 10.4 Å². The fourth-order valence-corrected chi connectivity index (χ4v) is 4.42. The smallest absolute Gasteiger partial charge is 0.336 e. The van der Waals surface area contributed by atoms with Crippen LogP contribution in [0, 0.1) is 13.8 Å². The molecule has 0 saturated carbocycles. The highest BCUT2D eigenvalue weighted by Gasteiger charge is 2.15. The first-order valence-electron chi connectivity index (χ1n) is 11.8. The Labute approximate surface area is 218 Å². The molecule has 0 amide bonds. The van der Waals surface area contributed by atoms with Crippen LogP contribution in [0.1, 0.15) is 11.1 Å². The summed E-state index contributed by atoms with van der Waals surface area (Å²) in [5.41, 5.74) is 5.68. The van der Waals surface area contributed by atoms with Crippen LogP contribution in [0.3, 0.4) is 0 Å². The van der Waals surface area contributed by atoms with Gasteiger partial charge in [-0.25, -0.2) is 9.78 Å². The number of rotatable bonds is 8. The van der Waals surface area contributed by atoms with E-state index in [1.165, 1.54) is 17.8 Å². The molecule has 0 aliphatic heterocycles. The molecule has 0 spiro atoms. The summed E-state index contributed by atoms with van der Waals surface area (Å²) in [4.78, 5) is 16.3. The van der Waals surface area contributed by atoms with Crippen molar-refractivity contribution >= 4 is 22.7 Å². The quantitative estimate of drug-likeness (QED) is 0.217. The number of fused-ring (bicyclic) bond motifs is 1. The van der Waals surface area contributed by atoms with E-state index in [4.69, 9.17) is 14.1 Å². The highest BCUT2D eigenvalue weighted by Crippen LogP contribution is 2.30. The molecule has 0 fully saturated rings. The lowest BCUT2D eigenvalue weighted by Crippen LogP contribution is -2.20. The zero-order valence-corrected chi connectivity index (χ0v) is 21.2. The Bertz CT molecular complexity index is 1580. The van der Waals surface area contributed by atoms with Gasteiger partial charge in [0.05, 0.1) is 6.10 Å². The molecule has 1 N–H and O–H groups in total. The van der Waals surface area contributed by atoms with Crippen LogP contribution in [0.15, 0.2) is 93.2 Å². The van der Waals surface area contributed by atoms with Crippen molar-refractivity contribution in [3.63, 3.8) is 0 Å². The van der Waals surface area contributed by atoms with Gasteiger partial charge >= 0.3 is 5.63 Å². The fraction of sp³-hybridized carbons (Fsp3) is 0.172. The first-order chi connectivity index (χ1) is 17.9. The van der Waals surface area contributed by atoms with E-state index in [9.17, 15) is 9.90 Å². The van der Waals surface area contributed by atoms with Gasteiger partial charge in [0.25, 0.3) is 0 Å². The van der Waals surface area contributed by atoms with E-state index in [-0.39, 0.29) is 6.61 Å². The van der Waals surface area contributed by atoms with Gasteiger partial charge in [0, 0.05) is 34.4 Å². The molecule has 8 heteroatoms. The van der Waals surface area contributed by atoms with E-state index < -0.39 is 11.7 Å². The van der Waals surface area contributed by atoms with Crippen LogP contribution in [0.5, 0.6) is 5.75 Å². The summed E-state index contributed by atoms with van der Waals surface area (Å²) >= 11 is 1.31. The Morgan fingerprint density at radius 3 is 2.22 bits per heavy atom. The van der Waals surface area contributed by atoms with Crippen molar-refractivity contribution in [2.45, 2.75) is 25.1 Å². The molecule has 186 valence electrons. The molecule has 0 aliphatic carbocycles. The summed E-state index contributed by atoms with van der Waals surface area (Å²) in [7, 11) is 0. The number of aliphatic hydroxyl groups is 1. The minimum atomic E-state index is -0.772. The van der Waals surface area contributed by atoms with Gasteiger partial charge in [-0.15, -0.1) is 10.2 Å². The summed E-state index contributed by atoms with van der Waals surface area (Å²) in [5.74, 6) is 0.828. The van der Waals surface area contributed by atoms with Gasteiger partial charge in [-0.1, -0.05) is 71.4 Å². The number of aliphatic hydroxyl groups excluding tert-OH is 1. The van der Waals surface area contributed by atoms with E-state index in [1.54, 1.807) is 24.3 Å². The molecule has 2 aromatic heterocycles. The lowest BCUT2D eigenvalue weighted by atomic mass is 10.0. The standard InChI is InChI=1S/C29H25N3O4S/c1-18-3-7-21(8-4-18)27-28(22-9-5-19(2)6-10-22)31-32-29(30-27)37-17-23(33)16-35-24-13-11-20-12-14-26(34)36-25(20)15-24/h3-15,23,33H,16-17H2,1-2H3. The molecule has 2 heterocycles. The number of hydrogen-bond donors (Lipinski definition) is 1. The molecule has 1 unspecified atom stereocenters. The van der Waals surface area contributed by atoms with Crippen LogP contribution >= 0.6 is 11.8 Å². The van der Waals surface area contributed by atoms with Gasteiger partial charge in [-0.05, 0) is 32.0 Å². The predicted molar refractivity (Wildman–Crippen MR) is 145 cm³/mol. The number of aryl methyl sites for hydroxylation is 2. The van der Waals surface area contributed by atoms with E-state index in [0.29, 0.717) is 27.9 Å². The van der Waals surface area contributed by atoms with Gasteiger partial charge < -0.3 is 14.3 Å². The number of nitrogens with zero attached hydrogens (tertiary/aromatic N) is 3. The van der Waals surface area contributed by atoms with E-state index >= 15 is 0 Å². The normalized spacial score (nSPS) is 12.0. The second-order valence-corrected chi connectivity index (χ2v) is 9.74. The molecular weight excluding hydrogens is 486 g/mol. The molecule has 5 rings (SSSR count). The number of aromatic nitrogens is 3. The zero-order valence-electron chi connectivity index (χ0n) is 20.4. The van der Waals surface area contributed by atoms with Gasteiger partial charge in [0.15, 0.2) is 0 Å². The summed E-state index contributed by atoms with van der Waals surface area (Å²) in [5, 5.41) is 20.6. The first-order valence-corrected chi connectivity index (χ1v) is 12.8. The van der Waals surface area contributed by atoms with Crippen molar-refractivity contribution in [1.29, 1.82) is 0 Å². The summed E-state index contributed by atoms with van der Waals surface area (Å²) in [6.45, 7) is 4.15. The number of hydrogen-bond acceptors (Lipinski definition) is 8. The fourth-order valence-electron chi connectivity index (χ4n) is 3.73. The van der Waals surface area contributed by atoms with E-state index in [1.807, 2.05) is 62.4 Å². The van der Waals surface area contributed by atoms with Crippen LogP contribution in [0.25, 0.3) is 33.5 Å². The van der Waals surface area contributed by atoms with Crippen molar-refractivity contribution < 1.29 is 14.3 Å². The molecule has 1 atom stereocenters. The number of thioether (sulfide) groups is 1. The average molecular weight is 512 g/mol. The van der Waals surface area contributed by atoms with Crippen LogP contribution in [0.2, 0.25) is 0 Å². The van der Waals surface area contributed by atoms with Crippen molar-refractivity contribution in [3.05, 3.63) is 100 Å². The van der Waals surface area contributed by atoms with E-state index in [2.05, 4.69) is 10.2 Å². The lowest BCUT2D eigenvalue weighted by molar-refractivity contribution is 0.126. The third kappa shape index (κ3) is 6.04. The summed E-state index contributed by atoms with van der Waals surface area (Å²) in [6.07, 6.45) is -0.772. The summed E-state index contributed by atoms with van der Waals surface area (Å²) < 4.78 is 10.9. The molecule has 5 aromatic rings. The van der Waals surface area contributed by atoms with Gasteiger partial charge in [-0.2, -0.15) is 0 Å². The van der Waals surface area contributed by atoms with Crippen LogP contribution in [-0.4, -0.2) is 38.8 Å². The Kier molecular flexibility index (Phi) is 7.30. The van der Waals surface area contributed by atoms with Gasteiger partial charge in [0.2, 0.25) is 5.16 Å². The third-order valence-corrected chi connectivity index (χ3v) is 6.74. The minimum absolute atomic E-state index is 0.0648. The number of benzene rings is 3. The predicted octanol–water partition coefficient (Wildman–Crippen LogP) is 5.46. The molecule has 7 nitrogen and oxygen atoms in total. The monoisotopic (exact) mass is 511 g/mol. The number of ether oxygens (including phenoxy) is 1. The van der Waals surface area contributed by atoms with Crippen molar-refractivity contribution in [2.75, 3.05) is 12.4 Å². The van der Waals surface area contributed by atoms with Gasteiger partial charge in [-0.3, -0.25) is 0 Å².